The molecule has 0 aliphatic heterocycles. The largest absolute Gasteiger partial charge is 1.00 e. The van der Waals surface area contributed by atoms with Crippen LogP contribution in [0.3, 0.4) is 0 Å². The van der Waals surface area contributed by atoms with Gasteiger partial charge in [0.15, 0.2) is 0 Å². The van der Waals surface area contributed by atoms with Gasteiger partial charge in [-0.2, -0.15) is 0 Å². The summed E-state index contributed by atoms with van der Waals surface area (Å²) < 4.78 is 2.48. The molecule has 0 aromatic rings. The fourth-order valence-corrected chi connectivity index (χ4v) is 6.06. The molecular formula is C36H78Br2N2. The van der Waals surface area contributed by atoms with Crippen LogP contribution in [0.15, 0.2) is 0 Å². The topological polar surface area (TPSA) is 0 Å². The van der Waals surface area contributed by atoms with Crippen LogP contribution in [0.5, 0.6) is 0 Å². The van der Waals surface area contributed by atoms with E-state index < -0.39 is 0 Å². The minimum absolute atomic E-state index is 0. The molecule has 0 saturated carbocycles. The van der Waals surface area contributed by atoms with Crippen LogP contribution in [0.1, 0.15) is 181 Å². The van der Waals surface area contributed by atoms with Crippen molar-refractivity contribution in [1.29, 1.82) is 0 Å². The molecule has 0 unspecified atom stereocenters. The maximum Gasteiger partial charge on any atom is 0.0782 e. The minimum atomic E-state index is 0. The molecule has 40 heavy (non-hydrogen) atoms. The van der Waals surface area contributed by atoms with Crippen molar-refractivity contribution in [3.8, 4) is 0 Å². The van der Waals surface area contributed by atoms with Gasteiger partial charge in [-0.25, -0.2) is 0 Å². The average Bonchev–Trinajstić information content (AvgIpc) is 2.87. The zero-order chi connectivity index (χ0) is 28.2. The van der Waals surface area contributed by atoms with E-state index in [4.69, 9.17) is 0 Å². The third-order valence-electron chi connectivity index (χ3n) is 9.01. The second-order valence-electron chi connectivity index (χ2n) is 14.3. The molecule has 0 spiro atoms. The molecule has 0 aromatic carbocycles. The van der Waals surface area contributed by atoms with Gasteiger partial charge in [0.1, 0.15) is 0 Å². The Kier molecular flexibility index (Phi) is 37.1. The van der Waals surface area contributed by atoms with Gasteiger partial charge in [0, 0.05) is 0 Å². The molecular weight excluding hydrogens is 620 g/mol. The second-order valence-corrected chi connectivity index (χ2v) is 14.3. The van der Waals surface area contributed by atoms with Crippen molar-refractivity contribution in [2.75, 3.05) is 54.4 Å². The number of hydrogen-bond acceptors (Lipinski definition) is 0. The lowest BCUT2D eigenvalue weighted by Gasteiger charge is -2.30. The van der Waals surface area contributed by atoms with Crippen molar-refractivity contribution in [1.82, 2.24) is 0 Å². The van der Waals surface area contributed by atoms with E-state index in [2.05, 4.69) is 42.0 Å². The highest BCUT2D eigenvalue weighted by atomic mass is 79.9. The van der Waals surface area contributed by atoms with Crippen LogP contribution >= 0.6 is 0 Å². The van der Waals surface area contributed by atoms with E-state index in [9.17, 15) is 0 Å². The highest BCUT2D eigenvalue weighted by Crippen LogP contribution is 2.15. The number of hydrogen-bond donors (Lipinski definition) is 0. The number of rotatable bonds is 31. The van der Waals surface area contributed by atoms with E-state index in [0.717, 1.165) is 0 Å². The van der Waals surface area contributed by atoms with E-state index in [-0.39, 0.29) is 34.0 Å². The van der Waals surface area contributed by atoms with Crippen LogP contribution in [-0.4, -0.2) is 63.3 Å². The first-order valence-electron chi connectivity index (χ1n) is 18.0. The summed E-state index contributed by atoms with van der Waals surface area (Å²) in [6.45, 7) is 10.1. The summed E-state index contributed by atoms with van der Waals surface area (Å²) in [6.07, 6.45) is 37.6. The third kappa shape index (κ3) is 35.1. The van der Waals surface area contributed by atoms with E-state index in [1.54, 1.807) is 0 Å². The van der Waals surface area contributed by atoms with Gasteiger partial charge in [0.25, 0.3) is 0 Å². The smallest absolute Gasteiger partial charge is 0.0782 e. The molecule has 0 fully saturated rings. The predicted octanol–water partition coefficient (Wildman–Crippen LogP) is 5.33. The Balaban J connectivity index is -0.00000684. The van der Waals surface area contributed by atoms with Gasteiger partial charge in [-0.1, -0.05) is 129 Å². The molecule has 0 atom stereocenters. The Morgan fingerprint density at radius 1 is 0.250 bits per heavy atom. The summed E-state index contributed by atoms with van der Waals surface area (Å²) in [7, 11) is 9.84. The standard InChI is InChI=1S/C36H78N2.2BrH/c1-7-9-11-13-15-17-19-21-25-29-33-37(3,4)35-31-27-23-24-28-32-36-38(5,6)34-30-26-22-20-18-16-14-12-10-8-2;;/h7-36H2,1-6H3;2*1H/q+2;;/p-2. The molecule has 0 N–H and O–H groups in total. The van der Waals surface area contributed by atoms with Crippen LogP contribution in [0.2, 0.25) is 0 Å². The SMILES string of the molecule is CCCCCCCCCCCC[N+](C)(C)CCCCCCCC[N+](C)(C)CCCCCCCCCCCC.[Br-].[Br-]. The van der Waals surface area contributed by atoms with Gasteiger partial charge in [-0.05, 0) is 51.4 Å². The van der Waals surface area contributed by atoms with E-state index >= 15 is 0 Å². The minimum Gasteiger partial charge on any atom is -1.00 e. The van der Waals surface area contributed by atoms with Gasteiger partial charge < -0.3 is 42.9 Å². The number of nitrogens with zero attached hydrogens (tertiary/aromatic N) is 2. The molecule has 0 aromatic heterocycles. The molecule has 0 aliphatic rings. The molecule has 0 radical (unpaired) electrons. The number of unbranched alkanes of at least 4 members (excludes halogenated alkanes) is 23. The van der Waals surface area contributed by atoms with Crippen LogP contribution < -0.4 is 34.0 Å². The maximum absolute atomic E-state index is 2.46. The molecule has 2 nitrogen and oxygen atoms in total. The van der Waals surface area contributed by atoms with Crippen molar-refractivity contribution in [2.24, 2.45) is 0 Å². The first kappa shape index (κ1) is 45.3. The molecule has 0 bridgehead atoms. The van der Waals surface area contributed by atoms with Crippen molar-refractivity contribution >= 4 is 0 Å². The van der Waals surface area contributed by atoms with Crippen LogP contribution in [0.25, 0.3) is 0 Å². The van der Waals surface area contributed by atoms with Crippen molar-refractivity contribution in [3.05, 3.63) is 0 Å². The second kappa shape index (κ2) is 32.8. The summed E-state index contributed by atoms with van der Waals surface area (Å²) in [4.78, 5) is 0. The summed E-state index contributed by atoms with van der Waals surface area (Å²) in [5, 5.41) is 0. The number of quaternary nitrogens is 2. The lowest BCUT2D eigenvalue weighted by molar-refractivity contribution is -0.890. The van der Waals surface area contributed by atoms with E-state index in [1.165, 1.54) is 202 Å². The van der Waals surface area contributed by atoms with E-state index in [1.807, 2.05) is 0 Å². The van der Waals surface area contributed by atoms with Gasteiger partial charge in [0.05, 0.1) is 54.4 Å². The maximum atomic E-state index is 2.46. The van der Waals surface area contributed by atoms with Crippen molar-refractivity contribution < 1.29 is 42.9 Å². The molecule has 246 valence electrons. The molecule has 0 rings (SSSR count). The zero-order valence-electron chi connectivity index (χ0n) is 28.9. The Morgan fingerprint density at radius 2 is 0.400 bits per heavy atom. The van der Waals surface area contributed by atoms with Crippen LogP contribution in [0.4, 0.5) is 0 Å². The Hall–Kier alpha value is 0.880. The first-order valence-corrected chi connectivity index (χ1v) is 18.0. The summed E-state index contributed by atoms with van der Waals surface area (Å²) >= 11 is 0. The zero-order valence-corrected chi connectivity index (χ0v) is 32.0. The summed E-state index contributed by atoms with van der Waals surface area (Å²) in [5.41, 5.74) is 0. The Morgan fingerprint density at radius 3 is 0.575 bits per heavy atom. The average molecular weight is 699 g/mol. The van der Waals surface area contributed by atoms with Crippen molar-refractivity contribution in [2.45, 2.75) is 181 Å². The molecule has 4 heteroatoms. The van der Waals surface area contributed by atoms with Crippen molar-refractivity contribution in [3.63, 3.8) is 0 Å². The molecule has 0 amide bonds. The highest BCUT2D eigenvalue weighted by molar-refractivity contribution is 4.51. The third-order valence-corrected chi connectivity index (χ3v) is 9.01. The summed E-state index contributed by atoms with van der Waals surface area (Å²) in [5.74, 6) is 0. The monoisotopic (exact) mass is 696 g/mol. The quantitative estimate of drug-likeness (QED) is 0.0679. The molecule has 0 aliphatic carbocycles. The lowest BCUT2D eigenvalue weighted by Crippen LogP contribution is -3.00. The molecule has 0 saturated heterocycles. The van der Waals surface area contributed by atoms with Gasteiger partial charge >= 0.3 is 0 Å². The van der Waals surface area contributed by atoms with E-state index in [0.29, 0.717) is 0 Å². The normalized spacial score (nSPS) is 11.8. The predicted molar refractivity (Wildman–Crippen MR) is 175 cm³/mol. The lowest BCUT2D eigenvalue weighted by atomic mass is 10.1. The summed E-state index contributed by atoms with van der Waals surface area (Å²) in [6, 6.07) is 0. The van der Waals surface area contributed by atoms with Gasteiger partial charge in [-0.15, -0.1) is 0 Å². The molecule has 0 heterocycles. The Labute approximate surface area is 276 Å². The highest BCUT2D eigenvalue weighted by Gasteiger charge is 2.15. The van der Waals surface area contributed by atoms with Gasteiger partial charge in [-0.3, -0.25) is 0 Å². The van der Waals surface area contributed by atoms with Gasteiger partial charge in [0.2, 0.25) is 0 Å². The van der Waals surface area contributed by atoms with Crippen LogP contribution in [0, 0.1) is 0 Å². The fraction of sp³-hybridized carbons (Fsp3) is 1.00. The van der Waals surface area contributed by atoms with Crippen LogP contribution in [-0.2, 0) is 0 Å². The number of halogens is 2. The fourth-order valence-electron chi connectivity index (χ4n) is 6.06. The Bertz CT molecular complexity index is 426. The first-order chi connectivity index (χ1) is 18.3.